The lowest BCUT2D eigenvalue weighted by atomic mass is 10.3. The lowest BCUT2D eigenvalue weighted by Gasteiger charge is -2.15. The Hall–Kier alpha value is -1.97. The average Bonchev–Trinajstić information content (AvgIpc) is 2.96. The van der Waals surface area contributed by atoms with E-state index in [1.165, 1.54) is 11.4 Å². The first-order valence-corrected chi connectivity index (χ1v) is 10.6. The molecule has 1 N–H and O–H groups in total. The highest BCUT2D eigenvalue weighted by Gasteiger charge is 2.17. The van der Waals surface area contributed by atoms with E-state index >= 15 is 0 Å². The van der Waals surface area contributed by atoms with E-state index in [4.69, 9.17) is 11.6 Å². The zero-order valence-corrected chi connectivity index (χ0v) is 17.4. The highest BCUT2D eigenvalue weighted by molar-refractivity contribution is 7.89. The van der Waals surface area contributed by atoms with E-state index < -0.39 is 15.9 Å². The van der Waals surface area contributed by atoms with E-state index in [0.717, 1.165) is 11.4 Å². The Bertz CT molecular complexity index is 927. The molecule has 0 atom stereocenters. The molecule has 0 radical (unpaired) electrons. The summed E-state index contributed by atoms with van der Waals surface area (Å²) in [5, 5.41) is 7.32. The number of nitrogens with zero attached hydrogens (tertiary/aromatic N) is 4. The first kappa shape index (κ1) is 21.3. The number of hydrogen-bond acceptors (Lipinski definition) is 5. The maximum Gasteiger partial charge on any atom is 0.271 e. The van der Waals surface area contributed by atoms with E-state index in [-0.39, 0.29) is 16.5 Å². The SMILES string of the molecule is CCS(=O)(=O)N(C)CCCNC(=O)c1nc(-n2nc(C)cc2C)ccc1Cl. The van der Waals surface area contributed by atoms with Crippen LogP contribution in [0.2, 0.25) is 5.02 Å². The van der Waals surface area contributed by atoms with E-state index in [2.05, 4.69) is 15.4 Å². The summed E-state index contributed by atoms with van der Waals surface area (Å²) in [6.45, 7) is 6.00. The minimum absolute atomic E-state index is 0.0501. The van der Waals surface area contributed by atoms with E-state index in [0.29, 0.717) is 25.3 Å². The highest BCUT2D eigenvalue weighted by atomic mass is 35.5. The molecule has 0 fully saturated rings. The molecule has 1 amide bonds. The van der Waals surface area contributed by atoms with E-state index in [1.807, 2.05) is 19.9 Å². The number of rotatable bonds is 8. The third-order valence-corrected chi connectivity index (χ3v) is 6.21. The normalized spacial score (nSPS) is 11.8. The Morgan fingerprint density at radius 2 is 2.04 bits per heavy atom. The van der Waals surface area contributed by atoms with Crippen molar-refractivity contribution in [1.82, 2.24) is 24.4 Å². The topological polar surface area (TPSA) is 97.2 Å². The zero-order valence-electron chi connectivity index (χ0n) is 15.9. The van der Waals surface area contributed by atoms with Crippen molar-refractivity contribution in [2.24, 2.45) is 0 Å². The molecule has 10 heteroatoms. The van der Waals surface area contributed by atoms with Gasteiger partial charge in [0.05, 0.1) is 16.5 Å². The number of halogens is 1. The Balaban J connectivity index is 2.02. The number of sulfonamides is 1. The predicted molar refractivity (Wildman–Crippen MR) is 105 cm³/mol. The van der Waals surface area contributed by atoms with Crippen LogP contribution in [0, 0.1) is 13.8 Å². The molecule has 0 aliphatic carbocycles. The van der Waals surface area contributed by atoms with Crippen LogP contribution >= 0.6 is 11.6 Å². The van der Waals surface area contributed by atoms with Crippen molar-refractivity contribution in [1.29, 1.82) is 0 Å². The molecule has 0 saturated carbocycles. The second-order valence-corrected chi connectivity index (χ2v) is 8.94. The third-order valence-electron chi connectivity index (χ3n) is 4.05. The Morgan fingerprint density at radius 3 is 2.63 bits per heavy atom. The van der Waals surface area contributed by atoms with Crippen LogP contribution in [0.25, 0.3) is 5.82 Å². The van der Waals surface area contributed by atoms with Crippen molar-refractivity contribution in [3.63, 3.8) is 0 Å². The van der Waals surface area contributed by atoms with Crippen molar-refractivity contribution >= 4 is 27.5 Å². The number of carbonyl (C=O) groups excluding carboxylic acids is 1. The lowest BCUT2D eigenvalue weighted by molar-refractivity contribution is 0.0948. The van der Waals surface area contributed by atoms with Gasteiger partial charge in [0.15, 0.2) is 5.82 Å². The summed E-state index contributed by atoms with van der Waals surface area (Å²) in [5.74, 6) is 0.141. The molecule has 0 spiro atoms. The second-order valence-electron chi connectivity index (χ2n) is 6.17. The largest absolute Gasteiger partial charge is 0.351 e. The number of aryl methyl sites for hydroxylation is 2. The zero-order chi connectivity index (χ0) is 20.2. The number of hydrogen-bond donors (Lipinski definition) is 1. The average molecular weight is 414 g/mol. The minimum atomic E-state index is -3.22. The second kappa shape index (κ2) is 8.81. The molecule has 2 heterocycles. The van der Waals surface area contributed by atoms with Gasteiger partial charge in [0.25, 0.3) is 5.91 Å². The molecular weight excluding hydrogens is 390 g/mol. The Morgan fingerprint density at radius 1 is 1.33 bits per heavy atom. The summed E-state index contributed by atoms with van der Waals surface area (Å²) in [4.78, 5) is 16.8. The van der Waals surface area contributed by atoms with Gasteiger partial charge in [0.1, 0.15) is 5.69 Å². The number of pyridine rings is 1. The molecule has 8 nitrogen and oxygen atoms in total. The Labute approximate surface area is 164 Å². The van der Waals surface area contributed by atoms with Gasteiger partial charge in [-0.1, -0.05) is 11.6 Å². The fraction of sp³-hybridized carbons (Fsp3) is 0.471. The predicted octanol–water partition coefficient (Wildman–Crippen LogP) is 1.94. The fourth-order valence-electron chi connectivity index (χ4n) is 2.52. The van der Waals surface area contributed by atoms with Crippen LogP contribution in [0.1, 0.15) is 35.2 Å². The molecule has 148 valence electrons. The summed E-state index contributed by atoms with van der Waals surface area (Å²) in [7, 11) is -1.69. The van der Waals surface area contributed by atoms with Gasteiger partial charge < -0.3 is 5.32 Å². The first-order valence-electron chi connectivity index (χ1n) is 8.58. The maximum atomic E-state index is 12.4. The molecule has 0 aliphatic heterocycles. The van der Waals surface area contributed by atoms with Crippen LogP contribution in [0.3, 0.4) is 0 Å². The molecule has 0 saturated heterocycles. The van der Waals surface area contributed by atoms with Gasteiger partial charge in [-0.3, -0.25) is 4.79 Å². The number of amides is 1. The molecule has 27 heavy (non-hydrogen) atoms. The number of nitrogens with one attached hydrogen (secondary N) is 1. The van der Waals surface area contributed by atoms with Gasteiger partial charge in [-0.05, 0) is 45.4 Å². The van der Waals surface area contributed by atoms with Crippen LogP contribution in [0.4, 0.5) is 0 Å². The number of aromatic nitrogens is 3. The van der Waals surface area contributed by atoms with Gasteiger partial charge in [-0.15, -0.1) is 0 Å². The molecule has 0 aromatic carbocycles. The van der Waals surface area contributed by atoms with Crippen molar-refractivity contribution in [3.05, 3.63) is 40.3 Å². The summed E-state index contributed by atoms with van der Waals surface area (Å²) < 4.78 is 26.3. The smallest absolute Gasteiger partial charge is 0.271 e. The number of carbonyl (C=O) groups is 1. The summed E-state index contributed by atoms with van der Waals surface area (Å²) in [6, 6.07) is 5.22. The van der Waals surface area contributed by atoms with Crippen LogP contribution in [-0.2, 0) is 10.0 Å². The van der Waals surface area contributed by atoms with Gasteiger partial charge >= 0.3 is 0 Å². The molecule has 2 aromatic rings. The third kappa shape index (κ3) is 5.27. The molecule has 0 bridgehead atoms. The monoisotopic (exact) mass is 413 g/mol. The fourth-order valence-corrected chi connectivity index (χ4v) is 3.56. The van der Waals surface area contributed by atoms with Gasteiger partial charge in [-0.25, -0.2) is 22.4 Å². The standard InChI is InChI=1S/C17H24ClN5O3S/c1-5-27(25,26)22(4)10-6-9-19-17(24)16-14(18)7-8-15(20-16)23-13(3)11-12(2)21-23/h7-8,11H,5-6,9-10H2,1-4H3,(H,19,24). The van der Waals surface area contributed by atoms with E-state index in [1.54, 1.807) is 23.7 Å². The van der Waals surface area contributed by atoms with Crippen molar-refractivity contribution in [3.8, 4) is 5.82 Å². The van der Waals surface area contributed by atoms with Gasteiger partial charge in [-0.2, -0.15) is 5.10 Å². The summed E-state index contributed by atoms with van der Waals surface area (Å²) in [6.07, 6.45) is 0.482. The molecule has 2 rings (SSSR count). The lowest BCUT2D eigenvalue weighted by Crippen LogP contribution is -2.32. The van der Waals surface area contributed by atoms with Crippen molar-refractivity contribution in [2.45, 2.75) is 27.2 Å². The molecule has 0 aliphatic rings. The summed E-state index contributed by atoms with van der Waals surface area (Å²) >= 11 is 6.12. The van der Waals surface area contributed by atoms with Crippen molar-refractivity contribution in [2.75, 3.05) is 25.9 Å². The van der Waals surface area contributed by atoms with Crippen LogP contribution in [0.5, 0.6) is 0 Å². The summed E-state index contributed by atoms with van der Waals surface area (Å²) in [5.41, 5.74) is 1.85. The van der Waals surface area contributed by atoms with Crippen LogP contribution < -0.4 is 5.32 Å². The molecule has 0 unspecified atom stereocenters. The molecular formula is C17H24ClN5O3S. The Kier molecular flexibility index (Phi) is 6.96. The van der Waals surface area contributed by atoms with Crippen LogP contribution in [-0.4, -0.2) is 59.3 Å². The van der Waals surface area contributed by atoms with Gasteiger partial charge in [0, 0.05) is 25.8 Å². The highest BCUT2D eigenvalue weighted by Crippen LogP contribution is 2.17. The van der Waals surface area contributed by atoms with E-state index in [9.17, 15) is 13.2 Å². The molecule has 2 aromatic heterocycles. The minimum Gasteiger partial charge on any atom is -0.351 e. The first-order chi connectivity index (χ1) is 12.7. The van der Waals surface area contributed by atoms with Crippen molar-refractivity contribution < 1.29 is 13.2 Å². The quantitative estimate of drug-likeness (QED) is 0.667. The van der Waals surface area contributed by atoms with Crippen LogP contribution in [0.15, 0.2) is 18.2 Å². The maximum absolute atomic E-state index is 12.4. The van der Waals surface area contributed by atoms with Gasteiger partial charge in [0.2, 0.25) is 10.0 Å².